The van der Waals surface area contributed by atoms with Crippen LogP contribution in [0.15, 0.2) is 9.52 Å². The molecule has 0 aliphatic heterocycles. The van der Waals surface area contributed by atoms with Crippen LogP contribution < -0.4 is 10.6 Å². The van der Waals surface area contributed by atoms with Gasteiger partial charge in [0.1, 0.15) is 0 Å². The normalized spacial score (nSPS) is 12.5. The van der Waals surface area contributed by atoms with Crippen molar-refractivity contribution in [1.82, 2.24) is 25.7 Å². The molecule has 0 saturated carbocycles. The van der Waals surface area contributed by atoms with Crippen molar-refractivity contribution in [2.75, 3.05) is 26.7 Å². The molecular formula is C16H32N6O. The van der Waals surface area contributed by atoms with Crippen molar-refractivity contribution < 1.29 is 4.52 Å². The molecule has 0 amide bonds. The van der Waals surface area contributed by atoms with Crippen LogP contribution >= 0.6 is 0 Å². The van der Waals surface area contributed by atoms with Gasteiger partial charge in [0.05, 0.1) is 0 Å². The first-order valence-corrected chi connectivity index (χ1v) is 8.43. The number of aliphatic imine (C=N–C) groups is 1. The van der Waals surface area contributed by atoms with Crippen LogP contribution in [0.25, 0.3) is 0 Å². The average Bonchev–Trinajstić information content (AvgIpc) is 2.90. The second kappa shape index (κ2) is 10.2. The number of hydrogen-bond acceptors (Lipinski definition) is 5. The van der Waals surface area contributed by atoms with Gasteiger partial charge in [-0.05, 0) is 41.0 Å². The summed E-state index contributed by atoms with van der Waals surface area (Å²) in [5.41, 5.74) is 0. The fraction of sp³-hybridized carbons (Fsp3) is 0.812. The fourth-order valence-corrected chi connectivity index (χ4v) is 2.52. The first-order chi connectivity index (χ1) is 10.9. The maximum atomic E-state index is 5.09. The zero-order chi connectivity index (χ0) is 17.2. The number of aryl methyl sites for hydroxylation is 2. The average molecular weight is 324 g/mol. The monoisotopic (exact) mass is 324 g/mol. The highest BCUT2D eigenvalue weighted by Crippen LogP contribution is 2.03. The third kappa shape index (κ3) is 7.45. The SMILES string of the molecule is CN=C(NCCCc1nc(C)no1)NCCN(C(C)C)C(C)C. The molecule has 0 atom stereocenters. The maximum Gasteiger partial charge on any atom is 0.226 e. The predicted molar refractivity (Wildman–Crippen MR) is 93.7 cm³/mol. The van der Waals surface area contributed by atoms with Crippen molar-refractivity contribution in [2.24, 2.45) is 4.99 Å². The summed E-state index contributed by atoms with van der Waals surface area (Å²) in [7, 11) is 1.79. The number of nitrogens with one attached hydrogen (secondary N) is 2. The second-order valence-electron chi connectivity index (χ2n) is 6.19. The molecule has 1 rings (SSSR count). The van der Waals surface area contributed by atoms with Crippen LogP contribution in [0.1, 0.15) is 45.8 Å². The molecule has 1 aromatic heterocycles. The lowest BCUT2D eigenvalue weighted by atomic mass is 10.2. The molecule has 0 aliphatic rings. The second-order valence-corrected chi connectivity index (χ2v) is 6.19. The smallest absolute Gasteiger partial charge is 0.226 e. The third-order valence-corrected chi connectivity index (χ3v) is 3.64. The van der Waals surface area contributed by atoms with E-state index in [4.69, 9.17) is 4.52 Å². The van der Waals surface area contributed by atoms with Gasteiger partial charge in [-0.15, -0.1) is 0 Å². The summed E-state index contributed by atoms with van der Waals surface area (Å²) in [5.74, 6) is 2.21. The Hall–Kier alpha value is -1.63. The van der Waals surface area contributed by atoms with E-state index in [1.165, 1.54) is 0 Å². The minimum Gasteiger partial charge on any atom is -0.356 e. The molecule has 0 spiro atoms. The Labute approximate surface area is 139 Å². The Morgan fingerprint density at radius 1 is 1.17 bits per heavy atom. The van der Waals surface area contributed by atoms with Crippen molar-refractivity contribution in [3.63, 3.8) is 0 Å². The number of hydrogen-bond donors (Lipinski definition) is 2. The van der Waals surface area contributed by atoms with Gasteiger partial charge < -0.3 is 15.2 Å². The van der Waals surface area contributed by atoms with Gasteiger partial charge in [0.15, 0.2) is 11.8 Å². The molecule has 0 unspecified atom stereocenters. The Morgan fingerprint density at radius 2 is 1.83 bits per heavy atom. The molecule has 0 radical (unpaired) electrons. The van der Waals surface area contributed by atoms with Crippen molar-refractivity contribution >= 4 is 5.96 Å². The maximum absolute atomic E-state index is 5.09. The van der Waals surface area contributed by atoms with E-state index < -0.39 is 0 Å². The third-order valence-electron chi connectivity index (χ3n) is 3.64. The molecule has 0 aromatic carbocycles. The van der Waals surface area contributed by atoms with Gasteiger partial charge in [-0.2, -0.15) is 4.98 Å². The summed E-state index contributed by atoms with van der Waals surface area (Å²) < 4.78 is 5.09. The van der Waals surface area contributed by atoms with E-state index in [9.17, 15) is 0 Å². The zero-order valence-electron chi connectivity index (χ0n) is 15.4. The van der Waals surface area contributed by atoms with Gasteiger partial charge in [-0.25, -0.2) is 0 Å². The van der Waals surface area contributed by atoms with E-state index in [0.29, 0.717) is 23.8 Å². The standard InChI is InChI=1S/C16H32N6O/c1-12(2)22(13(3)4)11-10-19-16(17-6)18-9-7-8-15-20-14(5)21-23-15/h12-13H,7-11H2,1-6H3,(H2,17,18,19). The highest BCUT2D eigenvalue weighted by molar-refractivity contribution is 5.79. The van der Waals surface area contributed by atoms with Crippen LogP contribution in [0.2, 0.25) is 0 Å². The lowest BCUT2D eigenvalue weighted by molar-refractivity contribution is 0.178. The summed E-state index contributed by atoms with van der Waals surface area (Å²) in [5, 5.41) is 10.5. The molecule has 0 bridgehead atoms. The van der Waals surface area contributed by atoms with Gasteiger partial charge in [-0.3, -0.25) is 9.89 Å². The molecule has 7 nitrogen and oxygen atoms in total. The molecule has 1 heterocycles. The van der Waals surface area contributed by atoms with Crippen molar-refractivity contribution in [2.45, 2.75) is 59.5 Å². The van der Waals surface area contributed by atoms with Crippen LogP contribution in [0.4, 0.5) is 0 Å². The summed E-state index contributed by atoms with van der Waals surface area (Å²) in [6.07, 6.45) is 1.70. The quantitative estimate of drug-likeness (QED) is 0.408. The molecule has 0 saturated heterocycles. The topological polar surface area (TPSA) is 78.6 Å². The van der Waals surface area contributed by atoms with Crippen molar-refractivity contribution in [3.8, 4) is 0 Å². The lowest BCUT2D eigenvalue weighted by Gasteiger charge is -2.30. The summed E-state index contributed by atoms with van der Waals surface area (Å²) in [6, 6.07) is 1.09. The molecule has 0 aliphatic carbocycles. The van der Waals surface area contributed by atoms with Crippen LogP contribution in [-0.2, 0) is 6.42 Å². The molecule has 1 aromatic rings. The number of guanidine groups is 1. The Balaban J connectivity index is 2.21. The summed E-state index contributed by atoms with van der Waals surface area (Å²) in [4.78, 5) is 10.9. The van der Waals surface area contributed by atoms with Crippen molar-refractivity contribution in [3.05, 3.63) is 11.7 Å². The van der Waals surface area contributed by atoms with Gasteiger partial charge in [0.25, 0.3) is 0 Å². The van der Waals surface area contributed by atoms with E-state index >= 15 is 0 Å². The van der Waals surface area contributed by atoms with Crippen LogP contribution in [-0.4, -0.2) is 59.8 Å². The number of rotatable bonds is 9. The highest BCUT2D eigenvalue weighted by atomic mass is 16.5. The van der Waals surface area contributed by atoms with E-state index in [1.807, 2.05) is 6.92 Å². The van der Waals surface area contributed by atoms with Gasteiger partial charge in [0.2, 0.25) is 5.89 Å². The zero-order valence-corrected chi connectivity index (χ0v) is 15.4. The minimum atomic E-state index is 0.546. The Kier molecular flexibility index (Phi) is 8.61. The highest BCUT2D eigenvalue weighted by Gasteiger charge is 2.12. The predicted octanol–water partition coefficient (Wildman–Crippen LogP) is 1.59. The molecule has 0 fully saturated rings. The number of nitrogens with zero attached hydrogens (tertiary/aromatic N) is 4. The van der Waals surface area contributed by atoms with Gasteiger partial charge >= 0.3 is 0 Å². The summed E-state index contributed by atoms with van der Waals surface area (Å²) in [6.45, 7) is 13.4. The molecular weight excluding hydrogens is 292 g/mol. The van der Waals surface area contributed by atoms with Crippen LogP contribution in [0.5, 0.6) is 0 Å². The molecule has 132 valence electrons. The molecule has 23 heavy (non-hydrogen) atoms. The van der Waals surface area contributed by atoms with E-state index in [1.54, 1.807) is 7.05 Å². The van der Waals surface area contributed by atoms with Gasteiger partial charge in [0, 0.05) is 45.2 Å². The lowest BCUT2D eigenvalue weighted by Crippen LogP contribution is -2.45. The summed E-state index contributed by atoms with van der Waals surface area (Å²) >= 11 is 0. The molecule has 7 heteroatoms. The Morgan fingerprint density at radius 3 is 2.35 bits per heavy atom. The van der Waals surface area contributed by atoms with E-state index in [-0.39, 0.29) is 0 Å². The minimum absolute atomic E-state index is 0.546. The largest absolute Gasteiger partial charge is 0.356 e. The van der Waals surface area contributed by atoms with Gasteiger partial charge in [-0.1, -0.05) is 5.16 Å². The van der Waals surface area contributed by atoms with Crippen LogP contribution in [0, 0.1) is 6.92 Å². The fourth-order valence-electron chi connectivity index (χ4n) is 2.52. The van der Waals surface area contributed by atoms with E-state index in [0.717, 1.165) is 38.4 Å². The Bertz CT molecular complexity index is 461. The first kappa shape index (κ1) is 19.4. The van der Waals surface area contributed by atoms with Crippen LogP contribution in [0.3, 0.4) is 0 Å². The first-order valence-electron chi connectivity index (χ1n) is 8.43. The van der Waals surface area contributed by atoms with Crippen molar-refractivity contribution in [1.29, 1.82) is 0 Å². The van der Waals surface area contributed by atoms with E-state index in [2.05, 4.69) is 58.4 Å². The number of aromatic nitrogens is 2. The molecule has 2 N–H and O–H groups in total.